The Kier molecular flexibility index (Phi) is 6.31. The lowest BCUT2D eigenvalue weighted by atomic mass is 10.1. The number of carbonyl (C=O) groups is 1. The zero-order valence-corrected chi connectivity index (χ0v) is 13.9. The number of rotatable bonds is 4. The summed E-state index contributed by atoms with van der Waals surface area (Å²) in [6.07, 6.45) is 3.60. The topological polar surface area (TPSA) is 128 Å². The molecular formula is C15H15N3O6S. The molecule has 132 valence electrons. The smallest absolute Gasteiger partial charge is 0.375 e. The molecule has 0 radical (unpaired) electrons. The summed E-state index contributed by atoms with van der Waals surface area (Å²) >= 11 is 0. The number of nitrogens with one attached hydrogen (secondary N) is 1. The normalized spacial score (nSPS) is 11.0. The fraction of sp³-hybridized carbons (Fsp3) is 0.133. The molecule has 3 aromatic rings. The standard InChI is InChI=1S/C12H8N2.C3H7NO6S/c1-3-9-5-6-10-4-2-8-14-12(10)11(9)13-7-1;1-9-2-3(5)4-10-11(6,7)8/h1-8H;2H2,1H3,(H,4,5)(H,6,7,8). The molecule has 9 nitrogen and oxygen atoms in total. The van der Waals surface area contributed by atoms with Crippen molar-refractivity contribution in [2.75, 3.05) is 13.7 Å². The largest absolute Gasteiger partial charge is 0.418 e. The summed E-state index contributed by atoms with van der Waals surface area (Å²) in [6.45, 7) is -0.352. The van der Waals surface area contributed by atoms with E-state index in [9.17, 15) is 13.2 Å². The predicted octanol–water partition coefficient (Wildman–Crippen LogP) is 1.27. The molecule has 0 bridgehead atoms. The predicted molar refractivity (Wildman–Crippen MR) is 89.7 cm³/mol. The van der Waals surface area contributed by atoms with Gasteiger partial charge in [0.2, 0.25) is 0 Å². The molecule has 2 N–H and O–H groups in total. The van der Waals surface area contributed by atoms with Crippen molar-refractivity contribution < 1.29 is 26.8 Å². The number of pyridine rings is 2. The van der Waals surface area contributed by atoms with Crippen molar-refractivity contribution in [2.24, 2.45) is 0 Å². The Balaban J connectivity index is 0.000000188. The minimum Gasteiger partial charge on any atom is -0.375 e. The van der Waals surface area contributed by atoms with Crippen LogP contribution in [0, 0.1) is 0 Å². The lowest BCUT2D eigenvalue weighted by Crippen LogP contribution is -2.29. The first kappa shape index (κ1) is 18.7. The molecule has 25 heavy (non-hydrogen) atoms. The summed E-state index contributed by atoms with van der Waals surface area (Å²) in [5.74, 6) is -0.815. The van der Waals surface area contributed by atoms with Crippen LogP contribution < -0.4 is 5.48 Å². The van der Waals surface area contributed by atoms with Crippen LogP contribution in [0.1, 0.15) is 0 Å². The van der Waals surface area contributed by atoms with E-state index in [1.807, 2.05) is 12.1 Å². The number of carbonyl (C=O) groups excluding carboxylic acids is 1. The van der Waals surface area contributed by atoms with Crippen molar-refractivity contribution in [1.82, 2.24) is 15.4 Å². The Bertz CT molecular complexity index is 922. The Labute approximate surface area is 143 Å². The number of hydrogen-bond donors (Lipinski definition) is 2. The summed E-state index contributed by atoms with van der Waals surface area (Å²) < 4.78 is 35.4. The minimum atomic E-state index is -4.63. The zero-order valence-electron chi connectivity index (χ0n) is 13.1. The maximum atomic E-state index is 10.4. The summed E-state index contributed by atoms with van der Waals surface area (Å²) in [6, 6.07) is 12.1. The molecule has 0 aliphatic heterocycles. The molecule has 3 rings (SSSR count). The van der Waals surface area contributed by atoms with Gasteiger partial charge in [-0.05, 0) is 12.1 Å². The van der Waals surface area contributed by atoms with Crippen molar-refractivity contribution >= 4 is 38.1 Å². The monoisotopic (exact) mass is 365 g/mol. The number of methoxy groups -OCH3 is 1. The molecule has 0 fully saturated rings. The van der Waals surface area contributed by atoms with Crippen LogP contribution in [0.2, 0.25) is 0 Å². The highest BCUT2D eigenvalue weighted by Gasteiger charge is 2.07. The van der Waals surface area contributed by atoms with E-state index in [1.54, 1.807) is 12.4 Å². The van der Waals surface area contributed by atoms with Crippen LogP contribution in [-0.4, -0.2) is 42.6 Å². The lowest BCUT2D eigenvalue weighted by Gasteiger charge is -2.00. The molecule has 0 aliphatic carbocycles. The van der Waals surface area contributed by atoms with E-state index in [2.05, 4.69) is 43.3 Å². The van der Waals surface area contributed by atoms with E-state index >= 15 is 0 Å². The average molecular weight is 365 g/mol. The van der Waals surface area contributed by atoms with Gasteiger partial charge in [0.05, 0.1) is 11.0 Å². The molecule has 1 aromatic carbocycles. The Hall–Kier alpha value is -2.66. The van der Waals surface area contributed by atoms with Crippen LogP contribution in [0.15, 0.2) is 48.8 Å². The number of hydrogen-bond acceptors (Lipinski definition) is 7. The second-order valence-corrected chi connectivity index (χ2v) is 5.71. The highest BCUT2D eigenvalue weighted by molar-refractivity contribution is 7.80. The van der Waals surface area contributed by atoms with Crippen LogP contribution in [0.5, 0.6) is 0 Å². The first-order valence-corrected chi connectivity index (χ1v) is 8.29. The Morgan fingerprint density at radius 3 is 2.04 bits per heavy atom. The maximum Gasteiger partial charge on any atom is 0.418 e. The van der Waals surface area contributed by atoms with Crippen LogP contribution in [0.3, 0.4) is 0 Å². The number of benzene rings is 1. The second kappa shape index (κ2) is 8.44. The average Bonchev–Trinajstić information content (AvgIpc) is 2.60. The van der Waals surface area contributed by atoms with E-state index < -0.39 is 16.3 Å². The first-order valence-electron chi connectivity index (χ1n) is 6.93. The number of aromatic nitrogens is 2. The number of hydroxylamine groups is 1. The van der Waals surface area contributed by atoms with Gasteiger partial charge in [0, 0.05) is 30.3 Å². The Morgan fingerprint density at radius 1 is 1.08 bits per heavy atom. The third-order valence-electron chi connectivity index (χ3n) is 2.88. The molecular weight excluding hydrogens is 350 g/mol. The summed E-state index contributed by atoms with van der Waals surface area (Å²) in [5, 5.41) is 2.28. The second-order valence-electron chi connectivity index (χ2n) is 4.69. The van der Waals surface area contributed by atoms with E-state index in [-0.39, 0.29) is 6.61 Å². The van der Waals surface area contributed by atoms with E-state index in [4.69, 9.17) is 4.55 Å². The van der Waals surface area contributed by atoms with Crippen LogP contribution >= 0.6 is 0 Å². The zero-order chi connectivity index (χ0) is 18.3. The van der Waals surface area contributed by atoms with Gasteiger partial charge in [0.15, 0.2) is 0 Å². The quantitative estimate of drug-likeness (QED) is 0.402. The lowest BCUT2D eigenvalue weighted by molar-refractivity contribution is -0.131. The maximum absolute atomic E-state index is 10.4. The number of amides is 1. The van der Waals surface area contributed by atoms with Crippen LogP contribution in [0.25, 0.3) is 21.8 Å². The van der Waals surface area contributed by atoms with Gasteiger partial charge >= 0.3 is 10.4 Å². The van der Waals surface area contributed by atoms with Crippen LogP contribution in [0.4, 0.5) is 0 Å². The molecule has 1 amide bonds. The summed E-state index contributed by atoms with van der Waals surface area (Å²) in [5.41, 5.74) is 3.38. The van der Waals surface area contributed by atoms with Crippen molar-refractivity contribution in [3.05, 3.63) is 48.8 Å². The van der Waals surface area contributed by atoms with Gasteiger partial charge < -0.3 is 4.74 Å². The molecule has 2 heterocycles. The van der Waals surface area contributed by atoms with Gasteiger partial charge in [-0.2, -0.15) is 8.42 Å². The van der Waals surface area contributed by atoms with E-state index in [0.717, 1.165) is 21.8 Å². The molecule has 0 aliphatic rings. The third kappa shape index (κ3) is 5.72. The minimum absolute atomic E-state index is 0.352. The molecule has 2 aromatic heterocycles. The molecule has 0 spiro atoms. The van der Waals surface area contributed by atoms with Gasteiger partial charge in [0.25, 0.3) is 5.91 Å². The number of ether oxygens (including phenoxy) is 1. The molecule has 0 unspecified atom stereocenters. The number of nitrogens with zero attached hydrogens (tertiary/aromatic N) is 2. The summed E-state index contributed by atoms with van der Waals surface area (Å²) in [4.78, 5) is 19.0. The third-order valence-corrected chi connectivity index (χ3v) is 3.17. The SMILES string of the molecule is COCC(=O)NOS(=O)(=O)O.c1cnc2c(c1)ccc1cccnc12. The fourth-order valence-electron chi connectivity index (χ4n) is 1.94. The molecule has 0 saturated heterocycles. The fourth-order valence-corrected chi connectivity index (χ4v) is 2.14. The van der Waals surface area contributed by atoms with Crippen molar-refractivity contribution in [2.45, 2.75) is 0 Å². The van der Waals surface area contributed by atoms with Gasteiger partial charge in [-0.1, -0.05) is 24.3 Å². The van der Waals surface area contributed by atoms with Crippen molar-refractivity contribution in [3.8, 4) is 0 Å². The number of fused-ring (bicyclic) bond motifs is 3. The summed E-state index contributed by atoms with van der Waals surface area (Å²) in [7, 11) is -3.38. The molecule has 0 saturated carbocycles. The van der Waals surface area contributed by atoms with Gasteiger partial charge in [-0.25, -0.2) is 5.48 Å². The first-order chi connectivity index (χ1) is 11.9. The highest BCUT2D eigenvalue weighted by atomic mass is 32.3. The van der Waals surface area contributed by atoms with Crippen LogP contribution in [-0.2, 0) is 24.2 Å². The molecule has 10 heteroatoms. The van der Waals surface area contributed by atoms with Crippen molar-refractivity contribution in [1.29, 1.82) is 0 Å². The van der Waals surface area contributed by atoms with Gasteiger partial charge in [-0.3, -0.25) is 19.3 Å². The van der Waals surface area contributed by atoms with E-state index in [1.165, 1.54) is 12.6 Å². The molecule has 0 atom stereocenters. The Morgan fingerprint density at radius 2 is 1.60 bits per heavy atom. The van der Waals surface area contributed by atoms with Crippen molar-refractivity contribution in [3.63, 3.8) is 0 Å². The van der Waals surface area contributed by atoms with Gasteiger partial charge in [-0.15, -0.1) is 4.28 Å². The van der Waals surface area contributed by atoms with Gasteiger partial charge in [0.1, 0.15) is 6.61 Å². The highest BCUT2D eigenvalue weighted by Crippen LogP contribution is 2.20. The van der Waals surface area contributed by atoms with E-state index in [0.29, 0.717) is 0 Å².